The number of aryl methyl sites for hydroxylation is 1. The van der Waals surface area contributed by atoms with Gasteiger partial charge in [-0.3, -0.25) is 14.5 Å². The third-order valence-corrected chi connectivity index (χ3v) is 5.29. The van der Waals surface area contributed by atoms with Crippen LogP contribution in [0.5, 0.6) is 0 Å². The van der Waals surface area contributed by atoms with Gasteiger partial charge < -0.3 is 9.64 Å². The van der Waals surface area contributed by atoms with Crippen molar-refractivity contribution in [3.8, 4) is 0 Å². The first kappa shape index (κ1) is 15.6. The second-order valence-corrected chi connectivity index (χ2v) is 7.02. The van der Waals surface area contributed by atoms with Gasteiger partial charge in [0.2, 0.25) is 0 Å². The molecule has 2 atom stereocenters. The summed E-state index contributed by atoms with van der Waals surface area (Å²) in [5.41, 5.74) is 2.17. The number of fused-ring (bicyclic) bond motifs is 1. The summed E-state index contributed by atoms with van der Waals surface area (Å²) in [6.45, 7) is 8.18. The fourth-order valence-electron chi connectivity index (χ4n) is 3.35. The zero-order chi connectivity index (χ0) is 16.0. The van der Waals surface area contributed by atoms with Crippen LogP contribution in [0.15, 0.2) is 16.6 Å². The fourth-order valence-corrected chi connectivity index (χ4v) is 3.86. The molecule has 2 heterocycles. The second-order valence-electron chi connectivity index (χ2n) is 6.23. The number of rotatable bonds is 2. The van der Waals surface area contributed by atoms with E-state index >= 15 is 0 Å². The number of nitrogens with zero attached hydrogens (tertiary/aromatic N) is 1. The molecule has 0 bridgehead atoms. The molecule has 0 aliphatic carbocycles. The van der Waals surface area contributed by atoms with Crippen LogP contribution in [0.4, 0.5) is 5.69 Å². The van der Waals surface area contributed by atoms with Crippen molar-refractivity contribution in [2.75, 3.05) is 24.7 Å². The highest BCUT2D eigenvalue weighted by Crippen LogP contribution is 2.35. The van der Waals surface area contributed by atoms with Crippen LogP contribution in [-0.2, 0) is 9.53 Å². The highest BCUT2D eigenvalue weighted by molar-refractivity contribution is 9.10. The molecule has 0 aromatic heterocycles. The van der Waals surface area contributed by atoms with E-state index in [4.69, 9.17) is 4.74 Å². The maximum atomic E-state index is 12.4. The molecule has 0 spiro atoms. The highest BCUT2D eigenvalue weighted by atomic mass is 79.9. The molecular weight excluding hydrogens is 348 g/mol. The van der Waals surface area contributed by atoms with E-state index in [2.05, 4.69) is 15.9 Å². The maximum absolute atomic E-state index is 12.4. The van der Waals surface area contributed by atoms with Crippen LogP contribution in [-0.4, -0.2) is 43.7 Å². The number of hydrogen-bond donors (Lipinski definition) is 1. The standard InChI is InChI=1S/C16H19BrN2O3/c1-9-4-5-12-13(14(9)17)15(20)16(21)19(12)8-18-6-10(2)22-11(3)7-18/h4-5,10-11H,6-8H2,1-3H3/p+1/t10-,11-/m1/s1. The molecule has 2 aliphatic rings. The predicted molar refractivity (Wildman–Crippen MR) is 86.3 cm³/mol. The van der Waals surface area contributed by atoms with Gasteiger partial charge >= 0.3 is 5.91 Å². The zero-order valence-corrected chi connectivity index (χ0v) is 14.6. The van der Waals surface area contributed by atoms with Gasteiger partial charge in [-0.1, -0.05) is 6.07 Å². The Hall–Kier alpha value is -1.24. The molecular formula is C16H20BrN2O3+. The minimum atomic E-state index is -0.430. The van der Waals surface area contributed by atoms with Gasteiger partial charge in [-0.05, 0) is 48.3 Å². The van der Waals surface area contributed by atoms with E-state index in [-0.39, 0.29) is 12.2 Å². The Kier molecular flexibility index (Phi) is 4.09. The van der Waals surface area contributed by atoms with E-state index in [0.29, 0.717) is 17.9 Å². The summed E-state index contributed by atoms with van der Waals surface area (Å²) in [5, 5.41) is 0. The van der Waals surface area contributed by atoms with Crippen molar-refractivity contribution in [2.45, 2.75) is 33.0 Å². The molecule has 22 heavy (non-hydrogen) atoms. The summed E-state index contributed by atoms with van der Waals surface area (Å²) in [4.78, 5) is 27.5. The van der Waals surface area contributed by atoms with Gasteiger partial charge in [-0.2, -0.15) is 0 Å². The number of benzene rings is 1. The number of halogens is 1. The number of Topliss-reactive ketones (excluding diaryl/α,β-unsaturated/α-hetero) is 1. The van der Waals surface area contributed by atoms with E-state index in [9.17, 15) is 9.59 Å². The van der Waals surface area contributed by atoms with Gasteiger partial charge in [0.05, 0.1) is 11.3 Å². The van der Waals surface area contributed by atoms with E-state index < -0.39 is 11.7 Å². The van der Waals surface area contributed by atoms with E-state index in [1.807, 2.05) is 32.9 Å². The largest absolute Gasteiger partial charge is 0.364 e. The van der Waals surface area contributed by atoms with Crippen LogP contribution in [0.3, 0.4) is 0 Å². The minimum Gasteiger partial charge on any atom is -0.364 e. The molecule has 1 amide bonds. The molecule has 1 fully saturated rings. The lowest BCUT2D eigenvalue weighted by Crippen LogP contribution is -3.17. The molecule has 5 nitrogen and oxygen atoms in total. The van der Waals surface area contributed by atoms with Crippen LogP contribution in [0.1, 0.15) is 29.8 Å². The first-order valence-corrected chi connectivity index (χ1v) is 8.32. The van der Waals surface area contributed by atoms with E-state index in [0.717, 1.165) is 23.1 Å². The summed E-state index contributed by atoms with van der Waals surface area (Å²) in [6.07, 6.45) is 0.327. The number of carbonyl (C=O) groups excluding carboxylic acids is 2. The van der Waals surface area contributed by atoms with Gasteiger partial charge in [0, 0.05) is 4.47 Å². The molecule has 1 aromatic carbocycles. The van der Waals surface area contributed by atoms with Crippen molar-refractivity contribution in [1.82, 2.24) is 0 Å². The van der Waals surface area contributed by atoms with Gasteiger partial charge in [-0.25, -0.2) is 0 Å². The Morgan fingerprint density at radius 3 is 2.55 bits per heavy atom. The number of ketones is 1. The Labute approximate surface area is 138 Å². The second kappa shape index (κ2) is 5.76. The van der Waals surface area contributed by atoms with E-state index in [1.165, 1.54) is 4.90 Å². The van der Waals surface area contributed by atoms with Crippen molar-refractivity contribution < 1.29 is 19.2 Å². The normalized spacial score (nSPS) is 28.2. The first-order valence-electron chi connectivity index (χ1n) is 7.52. The smallest absolute Gasteiger partial charge is 0.303 e. The minimum absolute atomic E-state index is 0.163. The summed E-state index contributed by atoms with van der Waals surface area (Å²) in [6, 6.07) is 3.80. The molecule has 6 heteroatoms. The monoisotopic (exact) mass is 367 g/mol. The third kappa shape index (κ3) is 2.59. The Morgan fingerprint density at radius 1 is 1.27 bits per heavy atom. The average molecular weight is 368 g/mol. The fraction of sp³-hybridized carbons (Fsp3) is 0.500. The van der Waals surface area contributed by atoms with Crippen LogP contribution in [0, 0.1) is 6.92 Å². The lowest BCUT2D eigenvalue weighted by atomic mass is 10.1. The molecule has 1 N–H and O–H groups in total. The Bertz CT molecular complexity index is 637. The molecule has 0 radical (unpaired) electrons. The topological polar surface area (TPSA) is 51.0 Å². The number of ether oxygens (including phenoxy) is 1. The summed E-state index contributed by atoms with van der Waals surface area (Å²) in [7, 11) is 0. The van der Waals surface area contributed by atoms with Crippen LogP contribution >= 0.6 is 15.9 Å². The molecule has 0 saturated carbocycles. The number of carbonyl (C=O) groups is 2. The van der Waals surface area contributed by atoms with Crippen molar-refractivity contribution >= 4 is 33.3 Å². The number of quaternary nitrogens is 1. The van der Waals surface area contributed by atoms with Gasteiger partial charge in [-0.15, -0.1) is 0 Å². The van der Waals surface area contributed by atoms with Crippen LogP contribution < -0.4 is 9.80 Å². The third-order valence-electron chi connectivity index (χ3n) is 4.27. The zero-order valence-electron chi connectivity index (χ0n) is 13.0. The van der Waals surface area contributed by atoms with Gasteiger partial charge in [0.1, 0.15) is 25.3 Å². The van der Waals surface area contributed by atoms with Crippen molar-refractivity contribution in [3.63, 3.8) is 0 Å². The molecule has 1 aromatic rings. The van der Waals surface area contributed by atoms with Crippen molar-refractivity contribution in [3.05, 3.63) is 27.7 Å². The molecule has 2 aliphatic heterocycles. The Balaban J connectivity index is 1.89. The van der Waals surface area contributed by atoms with Crippen molar-refractivity contribution in [2.24, 2.45) is 0 Å². The maximum Gasteiger partial charge on any atom is 0.303 e. The lowest BCUT2D eigenvalue weighted by molar-refractivity contribution is -0.913. The van der Waals surface area contributed by atoms with Gasteiger partial charge in [0.25, 0.3) is 5.78 Å². The first-order chi connectivity index (χ1) is 10.4. The molecule has 3 rings (SSSR count). The molecule has 0 unspecified atom stereocenters. The SMILES string of the molecule is Cc1ccc2c(c1Br)C(=O)C(=O)N2C[NH+]1C[C@@H](C)O[C@H](C)C1. The van der Waals surface area contributed by atoms with Crippen LogP contribution in [0.25, 0.3) is 0 Å². The summed E-state index contributed by atoms with van der Waals surface area (Å²) in [5.74, 6) is -0.847. The van der Waals surface area contributed by atoms with Crippen molar-refractivity contribution in [1.29, 1.82) is 0 Å². The van der Waals surface area contributed by atoms with Gasteiger partial charge in [0.15, 0.2) is 6.67 Å². The van der Waals surface area contributed by atoms with Crippen LogP contribution in [0.2, 0.25) is 0 Å². The highest BCUT2D eigenvalue weighted by Gasteiger charge is 2.40. The summed E-state index contributed by atoms with van der Waals surface area (Å²) < 4.78 is 6.46. The number of nitrogens with one attached hydrogen (secondary N) is 1. The Morgan fingerprint density at radius 2 is 1.91 bits per heavy atom. The predicted octanol–water partition coefficient (Wildman–Crippen LogP) is 0.936. The quantitative estimate of drug-likeness (QED) is 0.791. The number of anilines is 1. The molecule has 1 saturated heterocycles. The molecule has 118 valence electrons. The van der Waals surface area contributed by atoms with E-state index in [1.54, 1.807) is 4.90 Å². The number of morpholine rings is 1. The lowest BCUT2D eigenvalue weighted by Gasteiger charge is -2.34. The number of amides is 1. The summed E-state index contributed by atoms with van der Waals surface area (Å²) >= 11 is 3.44. The number of hydrogen-bond acceptors (Lipinski definition) is 3. The average Bonchev–Trinajstić information content (AvgIpc) is 2.67.